The van der Waals surface area contributed by atoms with Gasteiger partial charge in [-0.15, -0.1) is 0 Å². The third-order valence-electron chi connectivity index (χ3n) is 3.69. The second kappa shape index (κ2) is 5.33. The molecule has 1 unspecified atom stereocenters. The van der Waals surface area contributed by atoms with Crippen LogP contribution in [-0.2, 0) is 6.42 Å². The summed E-state index contributed by atoms with van der Waals surface area (Å²) in [5.41, 5.74) is 0.907. The van der Waals surface area contributed by atoms with Crippen molar-refractivity contribution in [2.75, 3.05) is 13.1 Å². The van der Waals surface area contributed by atoms with E-state index in [4.69, 9.17) is 0 Å². The average Bonchev–Trinajstić information content (AvgIpc) is 2.41. The third kappa shape index (κ3) is 2.87. The molecular formula is C15H20N2. The highest BCUT2D eigenvalue weighted by Crippen LogP contribution is 2.24. The molecule has 1 aromatic carbocycles. The first-order valence-corrected chi connectivity index (χ1v) is 6.45. The summed E-state index contributed by atoms with van der Waals surface area (Å²) in [5.74, 6) is 0. The van der Waals surface area contributed by atoms with Gasteiger partial charge in [-0.05, 0) is 38.4 Å². The standard InChI is InChI=1S/C15H20N2/c1-15(13-16,17-10-6-3-7-11-17)12-14-8-4-2-5-9-14/h2,4-5,8-9H,3,6-7,10-12H2,1H3. The van der Waals surface area contributed by atoms with Crippen LogP contribution in [0.3, 0.4) is 0 Å². The zero-order valence-corrected chi connectivity index (χ0v) is 10.5. The molecule has 0 N–H and O–H groups in total. The van der Waals surface area contributed by atoms with Crippen molar-refractivity contribution in [1.82, 2.24) is 4.90 Å². The fraction of sp³-hybridized carbons (Fsp3) is 0.533. The van der Waals surface area contributed by atoms with Crippen LogP contribution in [0.4, 0.5) is 0 Å². The van der Waals surface area contributed by atoms with Crippen molar-refractivity contribution >= 4 is 0 Å². The maximum absolute atomic E-state index is 9.51. The van der Waals surface area contributed by atoms with Gasteiger partial charge in [0.25, 0.3) is 0 Å². The summed E-state index contributed by atoms with van der Waals surface area (Å²) >= 11 is 0. The predicted molar refractivity (Wildman–Crippen MR) is 69.6 cm³/mol. The van der Waals surface area contributed by atoms with Gasteiger partial charge < -0.3 is 0 Å². The van der Waals surface area contributed by atoms with Crippen LogP contribution in [0.5, 0.6) is 0 Å². The topological polar surface area (TPSA) is 27.0 Å². The second-order valence-electron chi connectivity index (χ2n) is 5.10. The minimum absolute atomic E-state index is 0.345. The molecule has 1 atom stereocenters. The first-order valence-electron chi connectivity index (χ1n) is 6.45. The molecule has 2 nitrogen and oxygen atoms in total. The lowest BCUT2D eigenvalue weighted by Gasteiger charge is -2.38. The van der Waals surface area contributed by atoms with Crippen molar-refractivity contribution in [1.29, 1.82) is 5.26 Å². The molecule has 1 aliphatic heterocycles. The fourth-order valence-corrected chi connectivity index (χ4v) is 2.60. The maximum Gasteiger partial charge on any atom is 0.110 e. The van der Waals surface area contributed by atoms with Crippen LogP contribution in [0.25, 0.3) is 0 Å². The van der Waals surface area contributed by atoms with E-state index < -0.39 is 0 Å². The van der Waals surface area contributed by atoms with Crippen LogP contribution < -0.4 is 0 Å². The third-order valence-corrected chi connectivity index (χ3v) is 3.69. The summed E-state index contributed by atoms with van der Waals surface area (Å²) in [6.07, 6.45) is 4.59. The zero-order valence-electron chi connectivity index (χ0n) is 10.5. The molecule has 0 radical (unpaired) electrons. The molecule has 0 amide bonds. The van der Waals surface area contributed by atoms with Gasteiger partial charge in [0.2, 0.25) is 0 Å². The van der Waals surface area contributed by atoms with Crippen molar-refractivity contribution in [2.45, 2.75) is 38.1 Å². The smallest absolute Gasteiger partial charge is 0.110 e. The van der Waals surface area contributed by atoms with Crippen molar-refractivity contribution < 1.29 is 0 Å². The van der Waals surface area contributed by atoms with E-state index in [1.807, 2.05) is 18.2 Å². The summed E-state index contributed by atoms with van der Waals surface area (Å²) < 4.78 is 0. The molecular weight excluding hydrogens is 208 g/mol. The zero-order chi connectivity index (χ0) is 12.1. The molecule has 0 bridgehead atoms. The van der Waals surface area contributed by atoms with Gasteiger partial charge in [-0.2, -0.15) is 5.26 Å². The van der Waals surface area contributed by atoms with Crippen LogP contribution >= 0.6 is 0 Å². The van der Waals surface area contributed by atoms with Gasteiger partial charge in [0, 0.05) is 6.42 Å². The van der Waals surface area contributed by atoms with Crippen LogP contribution in [0.2, 0.25) is 0 Å². The van der Waals surface area contributed by atoms with E-state index in [9.17, 15) is 5.26 Å². The molecule has 90 valence electrons. The van der Waals surface area contributed by atoms with Crippen molar-refractivity contribution in [2.24, 2.45) is 0 Å². The van der Waals surface area contributed by atoms with E-state index >= 15 is 0 Å². The Morgan fingerprint density at radius 3 is 2.41 bits per heavy atom. The molecule has 2 rings (SSSR count). The van der Waals surface area contributed by atoms with Crippen LogP contribution in [0, 0.1) is 11.3 Å². The molecule has 0 aromatic heterocycles. The lowest BCUT2D eigenvalue weighted by molar-refractivity contribution is 0.124. The van der Waals surface area contributed by atoms with E-state index in [1.54, 1.807) is 0 Å². The Labute approximate surface area is 104 Å². The summed E-state index contributed by atoms with van der Waals surface area (Å²) in [5, 5.41) is 9.51. The monoisotopic (exact) mass is 228 g/mol. The molecule has 1 aliphatic rings. The number of likely N-dealkylation sites (tertiary alicyclic amines) is 1. The van der Waals surface area contributed by atoms with E-state index in [0.717, 1.165) is 19.5 Å². The maximum atomic E-state index is 9.51. The predicted octanol–water partition coefficient (Wildman–Crippen LogP) is 3.00. The number of hydrogen-bond donors (Lipinski definition) is 0. The highest BCUT2D eigenvalue weighted by atomic mass is 15.2. The van der Waals surface area contributed by atoms with Gasteiger partial charge >= 0.3 is 0 Å². The molecule has 2 heteroatoms. The van der Waals surface area contributed by atoms with Crippen molar-refractivity contribution in [3.8, 4) is 6.07 Å². The summed E-state index contributed by atoms with van der Waals surface area (Å²) in [7, 11) is 0. The number of hydrogen-bond acceptors (Lipinski definition) is 2. The van der Waals surface area contributed by atoms with E-state index in [2.05, 4.69) is 30.0 Å². The number of nitriles is 1. The van der Waals surface area contributed by atoms with Crippen molar-refractivity contribution in [3.63, 3.8) is 0 Å². The Kier molecular flexibility index (Phi) is 3.81. The lowest BCUT2D eigenvalue weighted by Crippen LogP contribution is -2.49. The van der Waals surface area contributed by atoms with E-state index in [0.29, 0.717) is 0 Å². The van der Waals surface area contributed by atoms with Crippen LogP contribution in [0.15, 0.2) is 30.3 Å². The molecule has 0 saturated carbocycles. The number of rotatable bonds is 3. The Morgan fingerprint density at radius 1 is 1.18 bits per heavy atom. The van der Waals surface area contributed by atoms with Gasteiger partial charge in [-0.3, -0.25) is 4.90 Å². The minimum Gasteiger partial charge on any atom is -0.285 e. The van der Waals surface area contributed by atoms with Gasteiger partial charge in [-0.25, -0.2) is 0 Å². The van der Waals surface area contributed by atoms with Crippen LogP contribution in [0.1, 0.15) is 31.7 Å². The number of benzene rings is 1. The summed E-state index contributed by atoms with van der Waals surface area (Å²) in [6, 6.07) is 12.9. The van der Waals surface area contributed by atoms with Gasteiger partial charge in [-0.1, -0.05) is 36.8 Å². The molecule has 1 heterocycles. The molecule has 1 fully saturated rings. The Balaban J connectivity index is 2.11. The summed E-state index contributed by atoms with van der Waals surface area (Å²) in [6.45, 7) is 4.21. The number of piperidine rings is 1. The van der Waals surface area contributed by atoms with Gasteiger partial charge in [0.15, 0.2) is 0 Å². The first-order chi connectivity index (χ1) is 8.24. The Hall–Kier alpha value is -1.33. The number of nitrogens with zero attached hydrogens (tertiary/aromatic N) is 2. The highest BCUT2D eigenvalue weighted by Gasteiger charge is 2.32. The largest absolute Gasteiger partial charge is 0.285 e. The molecule has 0 spiro atoms. The second-order valence-corrected chi connectivity index (χ2v) is 5.10. The quantitative estimate of drug-likeness (QED) is 0.795. The fourth-order valence-electron chi connectivity index (χ4n) is 2.60. The van der Waals surface area contributed by atoms with Crippen molar-refractivity contribution in [3.05, 3.63) is 35.9 Å². The molecule has 1 aromatic rings. The molecule has 1 saturated heterocycles. The SMILES string of the molecule is CC(C#N)(Cc1ccccc1)N1CCCCC1. The average molecular weight is 228 g/mol. The molecule has 17 heavy (non-hydrogen) atoms. The Bertz CT molecular complexity index is 387. The van der Waals surface area contributed by atoms with Crippen LogP contribution in [-0.4, -0.2) is 23.5 Å². The Morgan fingerprint density at radius 2 is 1.82 bits per heavy atom. The minimum atomic E-state index is -0.345. The van der Waals surface area contributed by atoms with Gasteiger partial charge in [0.05, 0.1) is 6.07 Å². The van der Waals surface area contributed by atoms with Gasteiger partial charge in [0.1, 0.15) is 5.54 Å². The first kappa shape index (κ1) is 12.1. The highest BCUT2D eigenvalue weighted by molar-refractivity contribution is 5.21. The van der Waals surface area contributed by atoms with E-state index in [1.165, 1.54) is 24.8 Å². The van der Waals surface area contributed by atoms with E-state index in [-0.39, 0.29) is 5.54 Å². The lowest BCUT2D eigenvalue weighted by atomic mass is 9.90. The molecule has 0 aliphatic carbocycles. The normalized spacial score (nSPS) is 20.5. The summed E-state index contributed by atoms with van der Waals surface area (Å²) in [4.78, 5) is 2.35.